The highest BCUT2D eigenvalue weighted by atomic mass is 16.6. The Balaban J connectivity index is 2.88. The molecule has 1 heterocycles. The Morgan fingerprint density at radius 2 is 1.81 bits per heavy atom. The van der Waals surface area contributed by atoms with Gasteiger partial charge < -0.3 is 9.84 Å². The minimum Gasteiger partial charge on any atom is -0.396 e. The first kappa shape index (κ1) is 23.0. The van der Waals surface area contributed by atoms with Crippen LogP contribution in [-0.2, 0) is 14.3 Å². The maximum Gasteiger partial charge on any atom is 0.141 e. The second-order valence-electron chi connectivity index (χ2n) is 8.18. The van der Waals surface area contributed by atoms with Crippen molar-refractivity contribution >= 4 is 11.6 Å². The van der Waals surface area contributed by atoms with Crippen LogP contribution in [0.4, 0.5) is 0 Å². The van der Waals surface area contributed by atoms with Crippen molar-refractivity contribution in [2.45, 2.75) is 79.4 Å². The quantitative estimate of drug-likeness (QED) is 0.415. The molecule has 0 bridgehead atoms. The molecule has 0 radical (unpaired) electrons. The maximum absolute atomic E-state index is 13.2. The van der Waals surface area contributed by atoms with Crippen molar-refractivity contribution in [1.82, 2.24) is 0 Å². The number of carbonyl (C=O) groups is 2. The van der Waals surface area contributed by atoms with E-state index in [9.17, 15) is 14.7 Å². The van der Waals surface area contributed by atoms with Crippen molar-refractivity contribution in [2.24, 2.45) is 29.6 Å². The third kappa shape index (κ3) is 5.04. The van der Waals surface area contributed by atoms with Crippen LogP contribution in [0, 0.1) is 29.6 Å². The van der Waals surface area contributed by atoms with E-state index in [0.717, 1.165) is 0 Å². The molecule has 4 nitrogen and oxygen atoms in total. The number of hydrogen-bond acceptors (Lipinski definition) is 4. The summed E-state index contributed by atoms with van der Waals surface area (Å²) in [7, 11) is 0. The van der Waals surface area contributed by atoms with Crippen molar-refractivity contribution in [3.63, 3.8) is 0 Å². The van der Waals surface area contributed by atoms with Gasteiger partial charge in [-0.15, -0.1) is 0 Å². The van der Waals surface area contributed by atoms with Crippen LogP contribution in [0.2, 0.25) is 0 Å². The summed E-state index contributed by atoms with van der Waals surface area (Å²) in [5, 5.41) is 9.83. The van der Waals surface area contributed by atoms with Crippen molar-refractivity contribution in [3.05, 3.63) is 12.2 Å². The van der Waals surface area contributed by atoms with E-state index in [1.165, 1.54) is 0 Å². The molecule has 1 rings (SSSR count). The molecule has 0 aromatic rings. The van der Waals surface area contributed by atoms with Gasteiger partial charge in [0.15, 0.2) is 0 Å². The van der Waals surface area contributed by atoms with Crippen LogP contribution in [-0.4, -0.2) is 35.0 Å². The van der Waals surface area contributed by atoms with Crippen molar-refractivity contribution in [3.8, 4) is 0 Å². The fraction of sp³-hybridized carbons (Fsp3) is 0.818. The number of allylic oxidation sites excluding steroid dienone is 1. The van der Waals surface area contributed by atoms with Gasteiger partial charge in [-0.25, -0.2) is 0 Å². The molecule has 1 fully saturated rings. The fourth-order valence-electron chi connectivity index (χ4n) is 4.31. The van der Waals surface area contributed by atoms with Crippen LogP contribution < -0.4 is 0 Å². The van der Waals surface area contributed by atoms with Gasteiger partial charge in [0, 0.05) is 30.6 Å². The maximum atomic E-state index is 13.2. The molecule has 150 valence electrons. The molecule has 1 aliphatic rings. The lowest BCUT2D eigenvalue weighted by Crippen LogP contribution is -2.39. The highest BCUT2D eigenvalue weighted by Gasteiger charge is 2.59. The van der Waals surface area contributed by atoms with Gasteiger partial charge in [-0.3, -0.25) is 9.59 Å². The molecule has 0 saturated carbocycles. The number of ether oxygens (including phenoxy) is 1. The number of aliphatic hydroxyl groups excluding tert-OH is 1. The second-order valence-corrected chi connectivity index (χ2v) is 8.18. The van der Waals surface area contributed by atoms with Crippen LogP contribution in [0.25, 0.3) is 0 Å². The Kier molecular flexibility index (Phi) is 8.68. The van der Waals surface area contributed by atoms with Gasteiger partial charge in [0.1, 0.15) is 11.6 Å². The molecule has 1 N–H and O–H groups in total. The molecule has 1 saturated heterocycles. The van der Waals surface area contributed by atoms with Gasteiger partial charge in [0.2, 0.25) is 0 Å². The van der Waals surface area contributed by atoms with E-state index in [-0.39, 0.29) is 47.6 Å². The molecular weight excluding hydrogens is 328 g/mol. The molecule has 26 heavy (non-hydrogen) atoms. The Bertz CT molecular complexity index is 512. The van der Waals surface area contributed by atoms with E-state index >= 15 is 0 Å². The first-order chi connectivity index (χ1) is 12.2. The summed E-state index contributed by atoms with van der Waals surface area (Å²) in [5.41, 5.74) is -0.308. The van der Waals surface area contributed by atoms with Crippen LogP contribution in [0.1, 0.15) is 67.7 Å². The van der Waals surface area contributed by atoms with E-state index in [1.54, 1.807) is 0 Å². The minimum atomic E-state index is -0.480. The summed E-state index contributed by atoms with van der Waals surface area (Å²) >= 11 is 0. The predicted octanol–water partition coefficient (Wildman–Crippen LogP) is 4.20. The molecule has 4 heteroatoms. The van der Waals surface area contributed by atoms with Gasteiger partial charge in [0.25, 0.3) is 0 Å². The zero-order valence-corrected chi connectivity index (χ0v) is 17.6. The van der Waals surface area contributed by atoms with Crippen molar-refractivity contribution in [2.75, 3.05) is 6.61 Å². The summed E-state index contributed by atoms with van der Waals surface area (Å²) in [6.07, 6.45) is 5.85. The lowest BCUT2D eigenvalue weighted by molar-refractivity contribution is -0.133. The van der Waals surface area contributed by atoms with Crippen LogP contribution in [0.15, 0.2) is 12.2 Å². The summed E-state index contributed by atoms with van der Waals surface area (Å²) in [4.78, 5) is 25.0. The van der Waals surface area contributed by atoms with E-state index in [2.05, 4.69) is 26.8 Å². The molecule has 0 spiro atoms. The summed E-state index contributed by atoms with van der Waals surface area (Å²) in [5.74, 6) is -0.177. The molecule has 0 aromatic heterocycles. The molecule has 0 aliphatic carbocycles. The van der Waals surface area contributed by atoms with Crippen LogP contribution >= 0.6 is 0 Å². The number of aliphatic hydroxyl groups is 1. The molecule has 0 amide bonds. The lowest BCUT2D eigenvalue weighted by Gasteiger charge is -2.31. The Labute approximate surface area is 159 Å². The molecule has 1 aliphatic heterocycles. The van der Waals surface area contributed by atoms with Crippen LogP contribution in [0.3, 0.4) is 0 Å². The number of rotatable bonds is 12. The third-order valence-electron chi connectivity index (χ3n) is 6.37. The van der Waals surface area contributed by atoms with E-state index in [4.69, 9.17) is 4.74 Å². The Morgan fingerprint density at radius 1 is 1.19 bits per heavy atom. The van der Waals surface area contributed by atoms with E-state index in [0.29, 0.717) is 25.2 Å². The largest absolute Gasteiger partial charge is 0.396 e. The monoisotopic (exact) mass is 366 g/mol. The third-order valence-corrected chi connectivity index (χ3v) is 6.37. The number of Topliss-reactive ketones (excluding diaryl/α,β-unsaturated/α-hetero) is 2. The lowest BCUT2D eigenvalue weighted by atomic mass is 9.71. The number of epoxide rings is 1. The van der Waals surface area contributed by atoms with Crippen LogP contribution in [0.5, 0.6) is 0 Å². The minimum absolute atomic E-state index is 0.0702. The molecular formula is C22H38O4. The average molecular weight is 367 g/mol. The average Bonchev–Trinajstić information content (AvgIpc) is 3.29. The number of carbonyl (C=O) groups excluding carboxylic acids is 2. The Hall–Kier alpha value is -1.00. The first-order valence-electron chi connectivity index (χ1n) is 10.1. The standard InChI is InChI=1S/C22H38O4/c1-8-11-14(4)21-22(7,26-21)16(6)18(10-3)20(25)19(13-23)15(5)12-17(24)9-2/h8,11,14-16,18-19,21,23H,9-10,12-13H2,1-7H3/b11-8-/t14-,15-,16-,18+,19+,21+,22+/m0/s1. The first-order valence-corrected chi connectivity index (χ1v) is 10.1. The van der Waals surface area contributed by atoms with E-state index in [1.807, 2.05) is 33.8 Å². The van der Waals surface area contributed by atoms with Gasteiger partial charge >= 0.3 is 0 Å². The summed E-state index contributed by atoms with van der Waals surface area (Å²) < 4.78 is 6.05. The van der Waals surface area contributed by atoms with Gasteiger partial charge in [0.05, 0.1) is 18.3 Å². The van der Waals surface area contributed by atoms with Crippen molar-refractivity contribution < 1.29 is 19.4 Å². The molecule has 0 unspecified atom stereocenters. The predicted molar refractivity (Wildman–Crippen MR) is 105 cm³/mol. The van der Waals surface area contributed by atoms with Gasteiger partial charge in [-0.05, 0) is 32.1 Å². The highest BCUT2D eigenvalue weighted by Crippen LogP contribution is 2.50. The molecule has 7 atom stereocenters. The zero-order chi connectivity index (χ0) is 20.1. The van der Waals surface area contributed by atoms with Gasteiger partial charge in [-0.1, -0.05) is 46.8 Å². The van der Waals surface area contributed by atoms with Crippen molar-refractivity contribution in [1.29, 1.82) is 0 Å². The topological polar surface area (TPSA) is 66.9 Å². The number of hydrogen-bond donors (Lipinski definition) is 1. The Morgan fingerprint density at radius 3 is 2.27 bits per heavy atom. The summed E-state index contributed by atoms with van der Waals surface area (Å²) in [6, 6.07) is 0. The summed E-state index contributed by atoms with van der Waals surface area (Å²) in [6.45, 7) is 13.9. The van der Waals surface area contributed by atoms with E-state index < -0.39 is 5.92 Å². The second kappa shape index (κ2) is 9.80. The zero-order valence-electron chi connectivity index (χ0n) is 17.6. The SMILES string of the molecule is C/C=C\[C@H](C)[C@H]1O[C@]1(C)[C@@H](C)[C@@H](CC)C(=O)[C@H](CO)[C@@H](C)CC(=O)CC. The molecule has 0 aromatic carbocycles. The smallest absolute Gasteiger partial charge is 0.141 e. The number of ketones is 2. The highest BCUT2D eigenvalue weighted by molar-refractivity contribution is 5.85. The fourth-order valence-corrected chi connectivity index (χ4v) is 4.31. The van der Waals surface area contributed by atoms with Gasteiger partial charge in [-0.2, -0.15) is 0 Å². The normalized spacial score (nSPS) is 28.4.